The average Bonchev–Trinajstić information content (AvgIpc) is 3.10. The van der Waals surface area contributed by atoms with Crippen LogP contribution >= 0.6 is 0 Å². The van der Waals surface area contributed by atoms with E-state index in [1.807, 2.05) is 12.2 Å². The Bertz CT molecular complexity index is 1950. The molecule has 0 fully saturated rings. The third-order valence-electron chi connectivity index (χ3n) is 9.56. The highest BCUT2D eigenvalue weighted by Crippen LogP contribution is 2.56. The van der Waals surface area contributed by atoms with Crippen molar-refractivity contribution >= 4 is 23.3 Å². The molecule has 0 atom stereocenters. The Kier molecular flexibility index (Phi) is 6.17. The highest BCUT2D eigenvalue weighted by molar-refractivity contribution is 6.09. The number of rotatable bonds is 4. The van der Waals surface area contributed by atoms with E-state index in [2.05, 4.69) is 159 Å². The Morgan fingerprint density at radius 2 is 0.773 bits per heavy atom. The zero-order valence-corrected chi connectivity index (χ0v) is 24.6. The van der Waals surface area contributed by atoms with Gasteiger partial charge in [-0.1, -0.05) is 171 Å². The predicted octanol–water partition coefficient (Wildman–Crippen LogP) is 10.6. The SMILES string of the molecule is C=Cc1ccc(C2(c3ccc(C=C)cc3)c3ccccc3C(=C3c4ccccc4Cc4ccccc43)c3ccccc32)cc1. The molecule has 0 aliphatic heterocycles. The van der Waals surface area contributed by atoms with Crippen molar-refractivity contribution in [1.82, 2.24) is 0 Å². The third-order valence-corrected chi connectivity index (χ3v) is 9.56. The quantitative estimate of drug-likeness (QED) is 0.201. The Hall–Kier alpha value is -5.46. The van der Waals surface area contributed by atoms with Gasteiger partial charge in [0.1, 0.15) is 0 Å². The van der Waals surface area contributed by atoms with Gasteiger partial charge in [-0.2, -0.15) is 0 Å². The van der Waals surface area contributed by atoms with Gasteiger partial charge in [-0.15, -0.1) is 0 Å². The molecule has 0 radical (unpaired) electrons. The summed E-state index contributed by atoms with van der Waals surface area (Å²) >= 11 is 0. The van der Waals surface area contributed by atoms with Gasteiger partial charge in [0, 0.05) is 0 Å². The monoisotopic (exact) mass is 560 g/mol. The first-order chi connectivity index (χ1) is 21.7. The lowest BCUT2D eigenvalue weighted by molar-refractivity contribution is 0.731. The first-order valence-corrected chi connectivity index (χ1v) is 15.3. The normalized spacial score (nSPS) is 14.1. The molecule has 0 amide bonds. The van der Waals surface area contributed by atoms with E-state index in [0.29, 0.717) is 0 Å². The van der Waals surface area contributed by atoms with E-state index in [9.17, 15) is 0 Å². The van der Waals surface area contributed by atoms with Gasteiger partial charge in [0.2, 0.25) is 0 Å². The van der Waals surface area contributed by atoms with Crippen molar-refractivity contribution in [2.45, 2.75) is 11.8 Å². The fourth-order valence-corrected chi connectivity index (χ4v) is 7.60. The van der Waals surface area contributed by atoms with Gasteiger partial charge in [0.15, 0.2) is 0 Å². The molecule has 0 unspecified atom stereocenters. The van der Waals surface area contributed by atoms with E-state index in [4.69, 9.17) is 0 Å². The number of hydrogen-bond donors (Lipinski definition) is 0. The molecular weight excluding hydrogens is 528 g/mol. The van der Waals surface area contributed by atoms with Crippen molar-refractivity contribution in [3.8, 4) is 0 Å². The van der Waals surface area contributed by atoms with Crippen LogP contribution in [0.1, 0.15) is 66.8 Å². The van der Waals surface area contributed by atoms with Gasteiger partial charge >= 0.3 is 0 Å². The fourth-order valence-electron chi connectivity index (χ4n) is 7.60. The average molecular weight is 561 g/mol. The largest absolute Gasteiger partial charge is 0.0985 e. The maximum atomic E-state index is 4.02. The zero-order valence-electron chi connectivity index (χ0n) is 24.6. The van der Waals surface area contributed by atoms with Crippen LogP contribution in [0.3, 0.4) is 0 Å². The van der Waals surface area contributed by atoms with Crippen molar-refractivity contribution in [3.63, 3.8) is 0 Å². The lowest BCUT2D eigenvalue weighted by Crippen LogP contribution is -2.36. The number of hydrogen-bond acceptors (Lipinski definition) is 0. The molecule has 0 saturated carbocycles. The Morgan fingerprint density at radius 1 is 0.409 bits per heavy atom. The first-order valence-electron chi connectivity index (χ1n) is 15.3. The minimum Gasteiger partial charge on any atom is -0.0985 e. The molecular formula is C44H32. The molecule has 208 valence electrons. The minimum absolute atomic E-state index is 0.523. The van der Waals surface area contributed by atoms with Gasteiger partial charge in [-0.25, -0.2) is 0 Å². The fraction of sp³-hybridized carbons (Fsp3) is 0.0455. The van der Waals surface area contributed by atoms with Crippen LogP contribution in [0, 0.1) is 0 Å². The topological polar surface area (TPSA) is 0 Å². The number of benzene rings is 6. The van der Waals surface area contributed by atoms with Gasteiger partial charge < -0.3 is 0 Å². The second-order valence-electron chi connectivity index (χ2n) is 11.7. The molecule has 0 N–H and O–H groups in total. The summed E-state index contributed by atoms with van der Waals surface area (Å²) in [5.74, 6) is 0. The molecule has 6 aromatic carbocycles. The lowest BCUT2D eigenvalue weighted by Gasteiger charge is -2.44. The highest BCUT2D eigenvalue weighted by atomic mass is 14.5. The molecule has 2 aliphatic rings. The summed E-state index contributed by atoms with van der Waals surface area (Å²) < 4.78 is 0. The Labute approximate surface area is 260 Å². The predicted molar refractivity (Wildman–Crippen MR) is 186 cm³/mol. The van der Waals surface area contributed by atoms with Crippen LogP contribution in [0.5, 0.6) is 0 Å². The van der Waals surface area contributed by atoms with Crippen molar-refractivity contribution in [2.75, 3.05) is 0 Å². The summed E-state index contributed by atoms with van der Waals surface area (Å²) in [6.07, 6.45) is 4.78. The van der Waals surface area contributed by atoms with E-state index in [-0.39, 0.29) is 0 Å². The molecule has 0 bridgehead atoms. The van der Waals surface area contributed by atoms with Crippen molar-refractivity contribution in [1.29, 1.82) is 0 Å². The molecule has 0 heterocycles. The summed E-state index contributed by atoms with van der Waals surface area (Å²) in [5.41, 5.74) is 17.3. The standard InChI is InChI=1S/C44H32/c1-3-30-21-25-34(26-22-30)44(35-27-23-31(4-2)24-28-35)40-19-11-9-17-38(40)43(39-18-10-12-20-41(39)44)42-36-15-7-5-13-32(36)29-33-14-6-8-16-37(33)42/h3-28H,1-2,29H2. The third kappa shape index (κ3) is 3.78. The van der Waals surface area contributed by atoms with E-state index >= 15 is 0 Å². The smallest absolute Gasteiger partial charge is 0.0713 e. The Morgan fingerprint density at radius 3 is 1.20 bits per heavy atom. The second kappa shape index (κ2) is 10.4. The van der Waals surface area contributed by atoms with Crippen LogP contribution in [0.15, 0.2) is 159 Å². The summed E-state index contributed by atoms with van der Waals surface area (Å²) in [6.45, 7) is 8.05. The van der Waals surface area contributed by atoms with Crippen LogP contribution in [0.4, 0.5) is 0 Å². The van der Waals surface area contributed by atoms with E-state index in [1.54, 1.807) is 0 Å². The maximum Gasteiger partial charge on any atom is 0.0713 e. The zero-order chi connectivity index (χ0) is 29.7. The van der Waals surface area contributed by atoms with Gasteiger partial charge in [-0.05, 0) is 84.3 Å². The van der Waals surface area contributed by atoms with E-state index in [1.165, 1.54) is 66.8 Å². The summed E-state index contributed by atoms with van der Waals surface area (Å²) in [4.78, 5) is 0. The van der Waals surface area contributed by atoms with Crippen LogP contribution in [-0.2, 0) is 11.8 Å². The van der Waals surface area contributed by atoms with Gasteiger partial charge in [0.05, 0.1) is 5.41 Å². The Balaban J connectivity index is 1.55. The highest BCUT2D eigenvalue weighted by Gasteiger charge is 2.46. The molecule has 0 nitrogen and oxygen atoms in total. The van der Waals surface area contributed by atoms with E-state index < -0.39 is 5.41 Å². The second-order valence-corrected chi connectivity index (χ2v) is 11.7. The molecule has 0 saturated heterocycles. The first kappa shape index (κ1) is 26.2. The van der Waals surface area contributed by atoms with Crippen LogP contribution < -0.4 is 0 Å². The lowest BCUT2D eigenvalue weighted by atomic mass is 9.57. The molecule has 44 heavy (non-hydrogen) atoms. The molecule has 0 aromatic heterocycles. The molecule has 2 aliphatic carbocycles. The molecule has 6 aromatic rings. The maximum absolute atomic E-state index is 4.02. The van der Waals surface area contributed by atoms with Crippen molar-refractivity contribution < 1.29 is 0 Å². The van der Waals surface area contributed by atoms with E-state index in [0.717, 1.165) is 17.5 Å². The summed E-state index contributed by atoms with van der Waals surface area (Å²) in [5, 5.41) is 0. The summed E-state index contributed by atoms with van der Waals surface area (Å²) in [6, 6.07) is 53.9. The van der Waals surface area contributed by atoms with Crippen molar-refractivity contribution in [3.05, 3.63) is 226 Å². The minimum atomic E-state index is -0.523. The van der Waals surface area contributed by atoms with Crippen LogP contribution in [0.2, 0.25) is 0 Å². The summed E-state index contributed by atoms with van der Waals surface area (Å²) in [7, 11) is 0. The van der Waals surface area contributed by atoms with Crippen molar-refractivity contribution in [2.24, 2.45) is 0 Å². The van der Waals surface area contributed by atoms with Crippen LogP contribution in [0.25, 0.3) is 23.3 Å². The number of fused-ring (bicyclic) bond motifs is 4. The van der Waals surface area contributed by atoms with Crippen LogP contribution in [-0.4, -0.2) is 0 Å². The van der Waals surface area contributed by atoms with Gasteiger partial charge in [0.25, 0.3) is 0 Å². The van der Waals surface area contributed by atoms with Gasteiger partial charge in [-0.3, -0.25) is 0 Å². The molecule has 0 spiro atoms. The molecule has 8 rings (SSSR count). The molecule has 0 heteroatoms.